The monoisotopic (exact) mass is 251 g/mol. The molecule has 0 saturated carbocycles. The molecule has 3 N–H and O–H groups in total. The molecule has 0 fully saturated rings. The molecule has 1 aromatic rings. The number of hydrogen-bond acceptors (Lipinski definition) is 4. The van der Waals surface area contributed by atoms with Gasteiger partial charge in [-0.05, 0) is 6.07 Å². The molecular weight excluding hydrogens is 243 g/mol. The van der Waals surface area contributed by atoms with E-state index in [9.17, 15) is 13.2 Å². The highest BCUT2D eigenvalue weighted by Gasteiger charge is 2.28. The Morgan fingerprint density at radius 1 is 1.29 bits per heavy atom. The van der Waals surface area contributed by atoms with Gasteiger partial charge in [0.25, 0.3) is 0 Å². The zero-order valence-corrected chi connectivity index (χ0v) is 8.41. The first-order chi connectivity index (χ1) is 7.80. The predicted molar refractivity (Wildman–Crippen MR) is 46.2 cm³/mol. The minimum absolute atomic E-state index is 0.332. The van der Waals surface area contributed by atoms with Crippen LogP contribution in [0.2, 0.25) is 0 Å². The van der Waals surface area contributed by atoms with Crippen molar-refractivity contribution in [3.8, 4) is 11.5 Å². The Labute approximate surface area is 93.5 Å². The first-order valence-corrected chi connectivity index (χ1v) is 4.30. The standard InChI is InChI=1S/C7H7NO2.C2HF3O2/c8-5-1-2-6-7(3-5)10-4-9-6;3-2(4,5)1(6)7/h1-3H,4,8H2;(H,6,7). The van der Waals surface area contributed by atoms with Crippen LogP contribution in [0.4, 0.5) is 18.9 Å². The minimum atomic E-state index is -5.19. The Bertz CT molecular complexity index is 419. The van der Waals surface area contributed by atoms with Crippen LogP contribution in [0.3, 0.4) is 0 Å². The number of alkyl halides is 3. The molecule has 1 aliphatic rings. The number of fused-ring (bicyclic) bond motifs is 1. The van der Waals surface area contributed by atoms with Crippen molar-refractivity contribution in [1.29, 1.82) is 0 Å². The third kappa shape index (κ3) is 3.83. The second-order valence-electron chi connectivity index (χ2n) is 2.97. The van der Waals surface area contributed by atoms with Crippen LogP contribution in [-0.4, -0.2) is 18.9 Å². The topological polar surface area (TPSA) is 86.2 Å². The van der Waals surface area contributed by atoms with Crippen LogP contribution in [0, 0.1) is 0 Å². The van der Waals surface area contributed by atoms with Crippen LogP contribution in [0.5, 0.6) is 11.5 Å². The van der Waals surface area contributed by atoms with E-state index in [1.165, 1.54) is 0 Å². The molecule has 1 aliphatic heterocycles. The van der Waals surface area contributed by atoms with E-state index in [1.54, 1.807) is 0 Å². The van der Waals surface area contributed by atoms with Crippen molar-refractivity contribution in [1.82, 2.24) is 0 Å². The predicted octanol–water partition coefficient (Wildman–Crippen LogP) is -0.413. The molecule has 1 heterocycles. The molecule has 0 radical (unpaired) electrons. The second kappa shape index (κ2) is 4.91. The Morgan fingerprint density at radius 2 is 1.82 bits per heavy atom. The average molecular weight is 251 g/mol. The summed E-state index contributed by atoms with van der Waals surface area (Å²) in [6, 6.07) is 5.63. The Kier molecular flexibility index (Phi) is 3.79. The van der Waals surface area contributed by atoms with Gasteiger partial charge >= 0.3 is 6.18 Å². The summed E-state index contributed by atoms with van der Waals surface area (Å²) in [5, 5.41) is 8.78. The van der Waals surface area contributed by atoms with E-state index >= 15 is 0 Å². The lowest BCUT2D eigenvalue weighted by Gasteiger charge is -2.03. The van der Waals surface area contributed by atoms with Crippen LogP contribution < -0.4 is 20.3 Å². The van der Waals surface area contributed by atoms with Crippen LogP contribution in [-0.2, 0) is 4.79 Å². The molecular formula is C9H8F3NO4. The maximum atomic E-state index is 10.5. The zero-order chi connectivity index (χ0) is 13.1. The SMILES string of the molecule is O=C([O-])C(F)(F)F.[NH3+]c1ccc2c(c1)OCO2. The van der Waals surface area contributed by atoms with Gasteiger partial charge in [0.1, 0.15) is 11.7 Å². The van der Waals surface area contributed by atoms with E-state index in [-0.39, 0.29) is 0 Å². The van der Waals surface area contributed by atoms with Gasteiger partial charge in [0.15, 0.2) is 11.5 Å². The molecule has 1 aromatic carbocycles. The molecule has 2 rings (SSSR count). The molecule has 0 unspecified atom stereocenters. The van der Waals surface area contributed by atoms with E-state index in [4.69, 9.17) is 19.4 Å². The number of carboxylic acid groups (broad SMARTS) is 1. The third-order valence-corrected chi connectivity index (χ3v) is 1.67. The first kappa shape index (κ1) is 13.1. The molecule has 94 valence electrons. The van der Waals surface area contributed by atoms with Gasteiger partial charge in [0.05, 0.1) is 0 Å². The lowest BCUT2D eigenvalue weighted by Crippen LogP contribution is -2.39. The molecule has 0 aliphatic carbocycles. The number of aliphatic carboxylic acids is 1. The van der Waals surface area contributed by atoms with Gasteiger partial charge in [-0.3, -0.25) is 0 Å². The van der Waals surface area contributed by atoms with Crippen molar-refractivity contribution < 1.29 is 38.3 Å². The van der Waals surface area contributed by atoms with E-state index in [0.29, 0.717) is 6.79 Å². The van der Waals surface area contributed by atoms with Gasteiger partial charge in [0.2, 0.25) is 6.79 Å². The zero-order valence-electron chi connectivity index (χ0n) is 8.41. The van der Waals surface area contributed by atoms with Crippen LogP contribution in [0.1, 0.15) is 0 Å². The summed E-state index contributed by atoms with van der Waals surface area (Å²) in [6.45, 7) is 0.332. The van der Waals surface area contributed by atoms with Crippen molar-refractivity contribution >= 4 is 11.7 Å². The number of hydrogen-bond donors (Lipinski definition) is 1. The fraction of sp³-hybridized carbons (Fsp3) is 0.222. The average Bonchev–Trinajstić information content (AvgIpc) is 2.63. The normalized spacial score (nSPS) is 12.7. The van der Waals surface area contributed by atoms with Gasteiger partial charge in [0, 0.05) is 12.1 Å². The number of carbonyl (C=O) groups is 1. The van der Waals surface area contributed by atoms with Gasteiger partial charge in [-0.2, -0.15) is 13.2 Å². The third-order valence-electron chi connectivity index (χ3n) is 1.67. The largest absolute Gasteiger partial charge is 0.542 e. The Morgan fingerprint density at radius 3 is 2.35 bits per heavy atom. The molecule has 0 bridgehead atoms. The lowest BCUT2D eigenvalue weighted by molar-refractivity contribution is -0.344. The molecule has 8 heteroatoms. The summed E-state index contributed by atoms with van der Waals surface area (Å²) < 4.78 is 41.8. The van der Waals surface area contributed by atoms with Gasteiger partial charge in [-0.1, -0.05) is 0 Å². The summed E-state index contributed by atoms with van der Waals surface area (Å²) in [7, 11) is 0. The summed E-state index contributed by atoms with van der Waals surface area (Å²) in [5.41, 5.74) is 4.71. The van der Waals surface area contributed by atoms with Gasteiger partial charge < -0.3 is 25.1 Å². The van der Waals surface area contributed by atoms with E-state index in [1.807, 2.05) is 18.2 Å². The van der Waals surface area contributed by atoms with Crippen molar-refractivity contribution in [3.05, 3.63) is 18.2 Å². The van der Waals surface area contributed by atoms with Crippen LogP contribution >= 0.6 is 0 Å². The molecule has 0 atom stereocenters. The highest BCUT2D eigenvalue weighted by atomic mass is 19.4. The summed E-state index contributed by atoms with van der Waals surface area (Å²) in [5.74, 6) is -1.40. The molecule has 0 saturated heterocycles. The smallest absolute Gasteiger partial charge is 0.430 e. The summed E-state index contributed by atoms with van der Waals surface area (Å²) >= 11 is 0. The summed E-state index contributed by atoms with van der Waals surface area (Å²) in [6.07, 6.45) is -5.19. The number of carbonyl (C=O) groups excluding carboxylic acids is 1. The maximum Gasteiger partial charge on any atom is 0.430 e. The molecule has 5 nitrogen and oxygen atoms in total. The van der Waals surface area contributed by atoms with Crippen molar-refractivity contribution in [3.63, 3.8) is 0 Å². The minimum Gasteiger partial charge on any atom is -0.542 e. The lowest BCUT2D eigenvalue weighted by atomic mass is 10.3. The molecule has 0 aromatic heterocycles. The summed E-state index contributed by atoms with van der Waals surface area (Å²) in [4.78, 5) is 8.78. The van der Waals surface area contributed by atoms with Crippen LogP contribution in [0.15, 0.2) is 18.2 Å². The fourth-order valence-electron chi connectivity index (χ4n) is 0.941. The Balaban J connectivity index is 0.000000185. The van der Waals surface area contributed by atoms with Crippen molar-refractivity contribution in [2.45, 2.75) is 6.18 Å². The number of quaternary nitrogens is 1. The number of ether oxygens (including phenoxy) is 2. The fourth-order valence-corrected chi connectivity index (χ4v) is 0.941. The first-order valence-electron chi connectivity index (χ1n) is 4.30. The second-order valence-corrected chi connectivity index (χ2v) is 2.97. The number of benzene rings is 1. The van der Waals surface area contributed by atoms with Gasteiger partial charge in [-0.25, -0.2) is 0 Å². The maximum absolute atomic E-state index is 10.5. The van der Waals surface area contributed by atoms with E-state index < -0.39 is 12.1 Å². The highest BCUT2D eigenvalue weighted by Crippen LogP contribution is 2.32. The highest BCUT2D eigenvalue weighted by molar-refractivity contribution is 5.70. The molecule has 17 heavy (non-hydrogen) atoms. The number of carboxylic acids is 1. The van der Waals surface area contributed by atoms with Crippen molar-refractivity contribution in [2.24, 2.45) is 0 Å². The molecule has 0 spiro atoms. The number of rotatable bonds is 0. The molecule has 0 amide bonds. The quantitative estimate of drug-likeness (QED) is 0.679. The van der Waals surface area contributed by atoms with Gasteiger partial charge in [-0.15, -0.1) is 0 Å². The number of halogens is 3. The van der Waals surface area contributed by atoms with Crippen molar-refractivity contribution in [2.75, 3.05) is 6.79 Å². The Hall–Kier alpha value is -1.96. The van der Waals surface area contributed by atoms with Crippen LogP contribution in [0.25, 0.3) is 0 Å². The van der Waals surface area contributed by atoms with E-state index in [0.717, 1.165) is 17.2 Å². The van der Waals surface area contributed by atoms with E-state index in [2.05, 4.69) is 5.73 Å².